The predicted octanol–water partition coefficient (Wildman–Crippen LogP) is 2.92. The molecule has 2 aliphatic rings. The van der Waals surface area contributed by atoms with Gasteiger partial charge in [0.2, 0.25) is 11.8 Å². The lowest BCUT2D eigenvalue weighted by Crippen LogP contribution is -2.50. The molecule has 34 heavy (non-hydrogen) atoms. The van der Waals surface area contributed by atoms with E-state index < -0.39 is 0 Å². The van der Waals surface area contributed by atoms with Crippen molar-refractivity contribution < 1.29 is 23.9 Å². The summed E-state index contributed by atoms with van der Waals surface area (Å²) in [5.41, 5.74) is 7.86. The molecule has 4 rings (SSSR count). The summed E-state index contributed by atoms with van der Waals surface area (Å²) in [6.07, 6.45) is 3.44. The van der Waals surface area contributed by atoms with E-state index in [1.807, 2.05) is 28.0 Å². The van der Waals surface area contributed by atoms with Crippen LogP contribution >= 0.6 is 0 Å². The molecule has 2 aliphatic heterocycles. The Hall–Kier alpha value is -3.55. The van der Waals surface area contributed by atoms with Crippen molar-refractivity contribution in [2.45, 2.75) is 44.6 Å². The Morgan fingerprint density at radius 3 is 2.59 bits per heavy atom. The fourth-order valence-electron chi connectivity index (χ4n) is 4.71. The minimum atomic E-state index is -0.386. The highest BCUT2D eigenvalue weighted by Gasteiger charge is 2.34. The van der Waals surface area contributed by atoms with Gasteiger partial charge < -0.3 is 25.0 Å². The molecule has 180 valence electrons. The lowest BCUT2D eigenvalue weighted by molar-refractivity contribution is -0.120. The third-order valence-corrected chi connectivity index (χ3v) is 6.49. The van der Waals surface area contributed by atoms with Crippen LogP contribution in [0.15, 0.2) is 42.5 Å². The van der Waals surface area contributed by atoms with Crippen LogP contribution in [0.2, 0.25) is 0 Å². The molecule has 0 atom stereocenters. The molecule has 0 saturated carbocycles. The molecule has 1 saturated heterocycles. The van der Waals surface area contributed by atoms with Crippen LogP contribution in [0.25, 0.3) is 0 Å². The summed E-state index contributed by atoms with van der Waals surface area (Å²) in [4.78, 5) is 40.9. The minimum Gasteiger partial charge on any atom is -0.497 e. The summed E-state index contributed by atoms with van der Waals surface area (Å²) in [5.74, 6) is 0.670. The van der Waals surface area contributed by atoms with Gasteiger partial charge in [0.05, 0.1) is 19.3 Å². The maximum Gasteiger partial charge on any atom is 0.257 e. The van der Waals surface area contributed by atoms with E-state index in [1.165, 1.54) is 5.56 Å². The molecule has 2 heterocycles. The highest BCUT2D eigenvalue weighted by atomic mass is 16.5. The summed E-state index contributed by atoms with van der Waals surface area (Å²) in [7, 11) is 1.55. The predicted molar refractivity (Wildman–Crippen MR) is 128 cm³/mol. The number of nitrogens with zero attached hydrogens (tertiary/aromatic N) is 2. The smallest absolute Gasteiger partial charge is 0.257 e. The number of carbonyl (C=O) groups excluding carboxylic acids is 3. The lowest BCUT2D eigenvalue weighted by atomic mass is 9.95. The normalized spacial score (nSPS) is 16.2. The largest absolute Gasteiger partial charge is 0.497 e. The Labute approximate surface area is 199 Å². The van der Waals surface area contributed by atoms with Crippen LogP contribution in [0.3, 0.4) is 0 Å². The van der Waals surface area contributed by atoms with Gasteiger partial charge in [0.1, 0.15) is 11.5 Å². The number of primary amides is 1. The Morgan fingerprint density at radius 2 is 1.85 bits per heavy atom. The van der Waals surface area contributed by atoms with Crippen LogP contribution in [-0.2, 0) is 16.0 Å². The Kier molecular flexibility index (Phi) is 7.35. The quantitative estimate of drug-likeness (QED) is 0.604. The number of aryl methyl sites for hydroxylation is 1. The van der Waals surface area contributed by atoms with Crippen molar-refractivity contribution in [3.8, 4) is 11.5 Å². The van der Waals surface area contributed by atoms with Crippen molar-refractivity contribution in [1.29, 1.82) is 0 Å². The van der Waals surface area contributed by atoms with Crippen LogP contribution in [0.5, 0.6) is 11.5 Å². The number of rotatable bonds is 8. The van der Waals surface area contributed by atoms with E-state index in [4.69, 9.17) is 15.2 Å². The molecular formula is C26H31N3O5. The molecule has 3 amide bonds. The molecule has 2 aromatic rings. The summed E-state index contributed by atoms with van der Waals surface area (Å²) in [6, 6.07) is 13.3. The van der Waals surface area contributed by atoms with Gasteiger partial charge in [-0.25, -0.2) is 0 Å². The fourth-order valence-corrected chi connectivity index (χ4v) is 4.71. The molecule has 8 nitrogen and oxygen atoms in total. The zero-order chi connectivity index (χ0) is 24.1. The van der Waals surface area contributed by atoms with Crippen molar-refractivity contribution in [2.75, 3.05) is 31.7 Å². The third-order valence-electron chi connectivity index (χ3n) is 6.49. The first-order chi connectivity index (χ1) is 16.5. The molecule has 2 aromatic carbocycles. The number of hydrogen-bond acceptors (Lipinski definition) is 5. The van der Waals surface area contributed by atoms with E-state index in [-0.39, 0.29) is 36.8 Å². The van der Waals surface area contributed by atoms with Gasteiger partial charge in [-0.15, -0.1) is 0 Å². The van der Waals surface area contributed by atoms with Gasteiger partial charge in [-0.3, -0.25) is 14.4 Å². The second-order valence-electron chi connectivity index (χ2n) is 8.70. The average molecular weight is 466 g/mol. The molecule has 0 spiro atoms. The summed E-state index contributed by atoms with van der Waals surface area (Å²) >= 11 is 0. The Balaban J connectivity index is 1.43. The zero-order valence-electron chi connectivity index (χ0n) is 19.5. The van der Waals surface area contributed by atoms with Gasteiger partial charge in [0.25, 0.3) is 5.91 Å². The number of piperidine rings is 1. The van der Waals surface area contributed by atoms with Crippen molar-refractivity contribution >= 4 is 23.4 Å². The number of nitrogens with two attached hydrogens (primary N) is 1. The molecule has 0 radical (unpaired) electrons. The second-order valence-corrected chi connectivity index (χ2v) is 8.70. The van der Waals surface area contributed by atoms with E-state index >= 15 is 0 Å². The zero-order valence-corrected chi connectivity index (χ0v) is 19.5. The van der Waals surface area contributed by atoms with Crippen LogP contribution in [0, 0.1) is 0 Å². The molecular weight excluding hydrogens is 434 g/mol. The van der Waals surface area contributed by atoms with Gasteiger partial charge in [0, 0.05) is 43.7 Å². The van der Waals surface area contributed by atoms with Crippen molar-refractivity contribution in [1.82, 2.24) is 4.90 Å². The molecule has 0 aliphatic carbocycles. The molecule has 0 aromatic heterocycles. The summed E-state index contributed by atoms with van der Waals surface area (Å²) in [6.45, 7) is 1.39. The molecule has 0 unspecified atom stereocenters. The van der Waals surface area contributed by atoms with Crippen molar-refractivity contribution in [3.05, 3.63) is 53.6 Å². The highest BCUT2D eigenvalue weighted by Crippen LogP contribution is 2.33. The number of hydrogen-bond donors (Lipinski definition) is 1. The number of amides is 3. The van der Waals surface area contributed by atoms with Gasteiger partial charge in [0.15, 0.2) is 0 Å². The standard InChI is InChI=1S/C26H31N3O5/c1-33-20-9-10-21(23(17-20)34-16-4-7-24(27)30)26(32)28-14-12-19(13-15-28)29-22-6-3-2-5-18(22)8-11-25(29)31/h2-3,5-6,9-10,17,19H,4,7-8,11-16H2,1H3,(H2,27,30). The molecule has 2 N–H and O–H groups in total. The first-order valence-corrected chi connectivity index (χ1v) is 11.8. The first-order valence-electron chi connectivity index (χ1n) is 11.8. The number of benzene rings is 2. The topological polar surface area (TPSA) is 102 Å². The van der Waals surface area contributed by atoms with E-state index in [9.17, 15) is 14.4 Å². The number of likely N-dealkylation sites (tertiary alicyclic amines) is 1. The maximum atomic E-state index is 13.4. The number of carbonyl (C=O) groups is 3. The van der Waals surface area contributed by atoms with Crippen LogP contribution in [-0.4, -0.2) is 55.5 Å². The number of ether oxygens (including phenoxy) is 2. The minimum absolute atomic E-state index is 0.0818. The number of para-hydroxylation sites is 1. The third kappa shape index (κ3) is 5.16. The van der Waals surface area contributed by atoms with Gasteiger partial charge >= 0.3 is 0 Å². The fraction of sp³-hybridized carbons (Fsp3) is 0.423. The lowest BCUT2D eigenvalue weighted by Gasteiger charge is -2.41. The summed E-state index contributed by atoms with van der Waals surface area (Å²) < 4.78 is 11.1. The van der Waals surface area contributed by atoms with E-state index in [0.717, 1.165) is 24.9 Å². The number of methoxy groups -OCH3 is 1. The molecule has 8 heteroatoms. The molecule has 0 bridgehead atoms. The van der Waals surface area contributed by atoms with E-state index in [1.54, 1.807) is 25.3 Å². The van der Waals surface area contributed by atoms with Gasteiger partial charge in [-0.05, 0) is 49.4 Å². The summed E-state index contributed by atoms with van der Waals surface area (Å²) in [5, 5.41) is 0. The Morgan fingerprint density at radius 1 is 1.09 bits per heavy atom. The average Bonchev–Trinajstić information content (AvgIpc) is 2.86. The first kappa shape index (κ1) is 23.6. The molecule has 1 fully saturated rings. The van der Waals surface area contributed by atoms with Crippen LogP contribution in [0.4, 0.5) is 5.69 Å². The van der Waals surface area contributed by atoms with Gasteiger partial charge in [-0.2, -0.15) is 0 Å². The monoisotopic (exact) mass is 465 g/mol. The second kappa shape index (κ2) is 10.6. The Bertz CT molecular complexity index is 1060. The van der Waals surface area contributed by atoms with E-state index in [0.29, 0.717) is 43.0 Å². The highest BCUT2D eigenvalue weighted by molar-refractivity contribution is 5.98. The van der Waals surface area contributed by atoms with Crippen LogP contribution < -0.4 is 20.1 Å². The van der Waals surface area contributed by atoms with Crippen LogP contribution in [0.1, 0.15) is 48.0 Å². The number of fused-ring (bicyclic) bond motifs is 1. The maximum absolute atomic E-state index is 13.4. The van der Waals surface area contributed by atoms with Gasteiger partial charge in [-0.1, -0.05) is 18.2 Å². The van der Waals surface area contributed by atoms with Crippen molar-refractivity contribution in [2.24, 2.45) is 5.73 Å². The SMILES string of the molecule is COc1ccc(C(=O)N2CCC(N3C(=O)CCc4ccccc43)CC2)c(OCCCC(N)=O)c1. The van der Waals surface area contributed by atoms with Crippen molar-refractivity contribution in [3.63, 3.8) is 0 Å². The number of anilines is 1. The van der Waals surface area contributed by atoms with E-state index in [2.05, 4.69) is 6.07 Å².